The summed E-state index contributed by atoms with van der Waals surface area (Å²) < 4.78 is 1.94. The third-order valence-electron chi connectivity index (χ3n) is 7.60. The van der Waals surface area contributed by atoms with E-state index in [4.69, 9.17) is 4.98 Å². The van der Waals surface area contributed by atoms with Crippen molar-refractivity contribution in [2.75, 3.05) is 43.4 Å². The van der Waals surface area contributed by atoms with Crippen molar-refractivity contribution in [1.82, 2.24) is 19.4 Å². The Morgan fingerprint density at radius 2 is 1.74 bits per heavy atom. The molecule has 7 nitrogen and oxygen atoms in total. The van der Waals surface area contributed by atoms with Gasteiger partial charge >= 0.3 is 0 Å². The van der Waals surface area contributed by atoms with Gasteiger partial charge in [-0.05, 0) is 62.6 Å². The lowest BCUT2D eigenvalue weighted by atomic mass is 9.82. The smallest absolute Gasteiger partial charge is 0.252 e. The third kappa shape index (κ3) is 4.80. The lowest BCUT2D eigenvalue weighted by Gasteiger charge is -2.34. The van der Waals surface area contributed by atoms with Gasteiger partial charge in [0.05, 0.1) is 0 Å². The van der Waals surface area contributed by atoms with E-state index in [1.54, 1.807) is 6.07 Å². The summed E-state index contributed by atoms with van der Waals surface area (Å²) in [4.78, 5) is 27.2. The van der Waals surface area contributed by atoms with Crippen LogP contribution in [0.1, 0.15) is 51.5 Å². The van der Waals surface area contributed by atoms with E-state index in [1.807, 2.05) is 16.8 Å². The average Bonchev–Trinajstić information content (AvgIpc) is 2.87. The van der Waals surface area contributed by atoms with E-state index in [0.29, 0.717) is 11.9 Å². The van der Waals surface area contributed by atoms with Gasteiger partial charge in [-0.2, -0.15) is 4.98 Å². The van der Waals surface area contributed by atoms with Gasteiger partial charge in [-0.3, -0.25) is 9.36 Å². The number of hydrogen-bond acceptors (Lipinski definition) is 6. The second-order valence-electron chi connectivity index (χ2n) is 9.85. The maximum Gasteiger partial charge on any atom is 0.252 e. The lowest BCUT2D eigenvalue weighted by molar-refractivity contribution is 0.243. The fourth-order valence-electron chi connectivity index (χ4n) is 5.61. The molecule has 1 saturated carbocycles. The zero-order valence-electron chi connectivity index (χ0n) is 20.4. The van der Waals surface area contributed by atoms with Crippen molar-refractivity contribution in [3.05, 3.63) is 52.9 Å². The molecule has 1 N–H and O–H groups in total. The standard InChI is InChI=1S/C27H36N6O/c1-3-24(20-7-5-4-6-8-20)33-25(34)14-9-21-19-28-27(30-26(21)33)29-22-10-12-23(13-11-22)32-17-15-31(2)16-18-32/h9-14,19-20,24H,3-8,15-18H2,1-2H3,(H,28,29,30). The molecule has 1 unspecified atom stereocenters. The van der Waals surface area contributed by atoms with Gasteiger partial charge < -0.3 is 15.1 Å². The fraction of sp³-hybridized carbons (Fsp3) is 0.519. The molecule has 3 heterocycles. The monoisotopic (exact) mass is 460 g/mol. The van der Waals surface area contributed by atoms with E-state index < -0.39 is 0 Å². The van der Waals surface area contributed by atoms with Crippen LogP contribution in [-0.4, -0.2) is 52.7 Å². The highest BCUT2D eigenvalue weighted by Crippen LogP contribution is 2.35. The number of rotatable bonds is 6. The first kappa shape index (κ1) is 22.8. The summed E-state index contributed by atoms with van der Waals surface area (Å²) in [5.41, 5.74) is 2.95. The molecule has 0 amide bonds. The molecular weight excluding hydrogens is 424 g/mol. The van der Waals surface area contributed by atoms with Gasteiger partial charge in [-0.25, -0.2) is 4.98 Å². The zero-order chi connectivity index (χ0) is 23.5. The first-order valence-corrected chi connectivity index (χ1v) is 12.8. The highest BCUT2D eigenvalue weighted by Gasteiger charge is 2.26. The van der Waals surface area contributed by atoms with Crippen LogP contribution < -0.4 is 15.8 Å². The first-order valence-electron chi connectivity index (χ1n) is 12.8. The quantitative estimate of drug-likeness (QED) is 0.569. The second-order valence-corrected chi connectivity index (χ2v) is 9.85. The number of piperazine rings is 1. The van der Waals surface area contributed by atoms with Crippen molar-refractivity contribution in [2.45, 2.75) is 51.5 Å². The Hall–Kier alpha value is -2.93. The summed E-state index contributed by atoms with van der Waals surface area (Å²) in [7, 11) is 2.17. The number of aromatic nitrogens is 3. The molecule has 1 aliphatic carbocycles. The number of nitrogens with zero attached hydrogens (tertiary/aromatic N) is 5. The minimum atomic E-state index is 0.0334. The van der Waals surface area contributed by atoms with Crippen molar-refractivity contribution in [3.8, 4) is 0 Å². The molecule has 7 heteroatoms. The number of anilines is 3. The maximum atomic E-state index is 13.0. The minimum absolute atomic E-state index is 0.0334. The molecule has 1 saturated heterocycles. The molecule has 0 radical (unpaired) electrons. The Morgan fingerprint density at radius 3 is 2.44 bits per heavy atom. The van der Waals surface area contributed by atoms with Crippen LogP contribution in [0.4, 0.5) is 17.3 Å². The van der Waals surface area contributed by atoms with Gasteiger partial charge in [0.25, 0.3) is 5.56 Å². The van der Waals surface area contributed by atoms with Crippen molar-refractivity contribution in [3.63, 3.8) is 0 Å². The van der Waals surface area contributed by atoms with Crippen LogP contribution in [-0.2, 0) is 0 Å². The predicted molar refractivity (Wildman–Crippen MR) is 139 cm³/mol. The third-order valence-corrected chi connectivity index (χ3v) is 7.60. The van der Waals surface area contributed by atoms with Crippen LogP contribution in [0.15, 0.2) is 47.4 Å². The molecule has 2 fully saturated rings. The average molecular weight is 461 g/mol. The van der Waals surface area contributed by atoms with Gasteiger partial charge in [0.15, 0.2) is 0 Å². The molecular formula is C27H36N6O. The Morgan fingerprint density at radius 1 is 1.00 bits per heavy atom. The van der Waals surface area contributed by atoms with Crippen LogP contribution in [0.25, 0.3) is 11.0 Å². The summed E-state index contributed by atoms with van der Waals surface area (Å²) in [6, 6.07) is 12.2. The van der Waals surface area contributed by atoms with E-state index in [0.717, 1.165) is 49.3 Å². The predicted octanol–water partition coefficient (Wildman–Crippen LogP) is 4.82. The molecule has 0 bridgehead atoms. The summed E-state index contributed by atoms with van der Waals surface area (Å²) in [5, 5.41) is 4.26. The van der Waals surface area contributed by atoms with Crippen LogP contribution in [0.3, 0.4) is 0 Å². The molecule has 1 aliphatic heterocycles. The number of pyridine rings is 1. The van der Waals surface area contributed by atoms with Gasteiger partial charge in [0.2, 0.25) is 5.95 Å². The summed E-state index contributed by atoms with van der Waals surface area (Å²) in [6.07, 6.45) is 8.96. The number of nitrogens with one attached hydrogen (secondary N) is 1. The molecule has 0 spiro atoms. The van der Waals surface area contributed by atoms with Gasteiger partial charge in [0, 0.05) is 61.2 Å². The Balaban J connectivity index is 1.40. The van der Waals surface area contributed by atoms with Gasteiger partial charge in [-0.1, -0.05) is 26.2 Å². The largest absolute Gasteiger partial charge is 0.369 e. The zero-order valence-corrected chi connectivity index (χ0v) is 20.4. The van der Waals surface area contributed by atoms with Crippen LogP contribution in [0.2, 0.25) is 0 Å². The van der Waals surface area contributed by atoms with E-state index in [-0.39, 0.29) is 11.6 Å². The van der Waals surface area contributed by atoms with E-state index in [1.165, 1.54) is 37.8 Å². The Bertz CT molecular complexity index is 1160. The fourth-order valence-corrected chi connectivity index (χ4v) is 5.61. The topological polar surface area (TPSA) is 66.3 Å². The highest BCUT2D eigenvalue weighted by atomic mass is 16.1. The lowest BCUT2D eigenvalue weighted by Crippen LogP contribution is -2.44. The van der Waals surface area contributed by atoms with Crippen LogP contribution in [0, 0.1) is 5.92 Å². The van der Waals surface area contributed by atoms with E-state index >= 15 is 0 Å². The molecule has 3 aromatic rings. The molecule has 2 aromatic heterocycles. The van der Waals surface area contributed by atoms with Crippen molar-refractivity contribution in [1.29, 1.82) is 0 Å². The molecule has 2 aliphatic rings. The number of likely N-dealkylation sites (N-methyl/N-ethyl adjacent to an activating group) is 1. The molecule has 1 aromatic carbocycles. The van der Waals surface area contributed by atoms with Crippen molar-refractivity contribution in [2.24, 2.45) is 5.92 Å². The van der Waals surface area contributed by atoms with Gasteiger partial charge in [0.1, 0.15) is 5.65 Å². The van der Waals surface area contributed by atoms with E-state index in [9.17, 15) is 4.79 Å². The number of benzene rings is 1. The maximum absolute atomic E-state index is 13.0. The second kappa shape index (κ2) is 10.1. The number of fused-ring (bicyclic) bond motifs is 1. The SMILES string of the molecule is CCC(C1CCCCC1)n1c(=O)ccc2cnc(Nc3ccc(N4CCN(C)CC4)cc3)nc21. The van der Waals surface area contributed by atoms with Crippen molar-refractivity contribution < 1.29 is 0 Å². The summed E-state index contributed by atoms with van der Waals surface area (Å²) in [6.45, 7) is 6.47. The van der Waals surface area contributed by atoms with Crippen molar-refractivity contribution >= 4 is 28.4 Å². The summed E-state index contributed by atoms with van der Waals surface area (Å²) >= 11 is 0. The highest BCUT2D eigenvalue weighted by molar-refractivity contribution is 5.76. The molecule has 180 valence electrons. The van der Waals surface area contributed by atoms with Crippen LogP contribution in [0.5, 0.6) is 0 Å². The molecule has 34 heavy (non-hydrogen) atoms. The van der Waals surface area contributed by atoms with Gasteiger partial charge in [-0.15, -0.1) is 0 Å². The Kier molecular flexibility index (Phi) is 6.81. The number of hydrogen-bond donors (Lipinski definition) is 1. The Labute approximate surface area is 201 Å². The summed E-state index contributed by atoms with van der Waals surface area (Å²) in [5.74, 6) is 1.06. The first-order chi connectivity index (χ1) is 16.6. The normalized spacial score (nSPS) is 18.8. The van der Waals surface area contributed by atoms with E-state index in [2.05, 4.69) is 58.3 Å². The molecule has 5 rings (SSSR count). The van der Waals surface area contributed by atoms with Crippen LogP contribution >= 0.6 is 0 Å². The minimum Gasteiger partial charge on any atom is -0.369 e. The molecule has 1 atom stereocenters.